The molecule has 1 unspecified atom stereocenters. The monoisotopic (exact) mass is 857 g/mol. The fraction of sp³-hybridized carbons (Fsp3) is 0.429. The highest BCUT2D eigenvalue weighted by Crippen LogP contribution is 2.07. The minimum Gasteiger partial charge on any atom is -0.399 e. The summed E-state index contributed by atoms with van der Waals surface area (Å²) in [4.78, 5) is 47.7. The second kappa shape index (κ2) is 39.7. The molecule has 12 nitrogen and oxygen atoms in total. The first-order valence-electron chi connectivity index (χ1n) is 16.7. The number of aryl methyl sites for hydroxylation is 2. The Morgan fingerprint density at radius 1 is 0.443 bits per heavy atom. The number of nitrogen functional groups attached to an aromatic ring is 2. The Labute approximate surface area is 373 Å². The van der Waals surface area contributed by atoms with Gasteiger partial charge in [0, 0.05) is 59.8 Å². The number of carbonyl (C=O) groups is 4. The first-order valence-corrected chi connectivity index (χ1v) is 16.7. The van der Waals surface area contributed by atoms with Crippen LogP contribution in [-0.4, -0.2) is 75.7 Å². The molecule has 0 bridgehead atoms. The summed E-state index contributed by atoms with van der Waals surface area (Å²) in [5.74, 6) is -0.595. The summed E-state index contributed by atoms with van der Waals surface area (Å²) in [7, 11) is 0. The summed E-state index contributed by atoms with van der Waals surface area (Å²) in [6.45, 7) is 8.55. The van der Waals surface area contributed by atoms with E-state index in [4.69, 9.17) is 20.9 Å². The summed E-state index contributed by atoms with van der Waals surface area (Å²) in [6.07, 6.45) is -0.163. The summed E-state index contributed by atoms with van der Waals surface area (Å²) >= 11 is 0. The molecular weight excluding hydrogens is 769 g/mol. The van der Waals surface area contributed by atoms with Gasteiger partial charge in [-0.2, -0.15) is 0 Å². The highest BCUT2D eigenvalue weighted by molar-refractivity contribution is 5.95. The Balaban J connectivity index is -0.000000132. The molecule has 0 aromatic heterocycles. The molecule has 4 aromatic carbocycles. The topological polar surface area (TPSA) is 187 Å². The van der Waals surface area contributed by atoms with Crippen LogP contribution in [0.2, 0.25) is 0 Å². The van der Waals surface area contributed by atoms with Crippen molar-refractivity contribution in [3.63, 3.8) is 0 Å². The average Bonchev–Trinajstić information content (AvgIpc) is 3.13. The lowest BCUT2D eigenvalue weighted by Crippen LogP contribution is -2.34. The molecular formula is C49H88N6O6. The number of amides is 4. The second-order valence-electron chi connectivity index (χ2n) is 11.7. The van der Waals surface area contributed by atoms with Gasteiger partial charge in [-0.15, -0.1) is 0 Å². The van der Waals surface area contributed by atoms with Crippen molar-refractivity contribution in [2.75, 3.05) is 57.5 Å². The Kier molecular flexibility index (Phi) is 47.4. The molecule has 61 heavy (non-hydrogen) atoms. The van der Waals surface area contributed by atoms with Gasteiger partial charge in [0.1, 0.15) is 0 Å². The van der Waals surface area contributed by atoms with Gasteiger partial charge in [-0.1, -0.05) is 110 Å². The van der Waals surface area contributed by atoms with Gasteiger partial charge < -0.3 is 42.2 Å². The molecule has 0 radical (unpaired) electrons. The van der Waals surface area contributed by atoms with E-state index in [2.05, 4.69) is 21.3 Å². The van der Waals surface area contributed by atoms with E-state index in [1.165, 1.54) is 0 Å². The molecule has 0 saturated carbocycles. The Morgan fingerprint density at radius 3 is 1.02 bits per heavy atom. The minimum absolute atomic E-state index is 0. The van der Waals surface area contributed by atoms with Crippen LogP contribution in [0, 0.1) is 13.8 Å². The lowest BCUT2D eigenvalue weighted by atomic mass is 10.1. The van der Waals surface area contributed by atoms with Gasteiger partial charge in [-0.25, -0.2) is 0 Å². The molecule has 8 N–H and O–H groups in total. The van der Waals surface area contributed by atoms with E-state index < -0.39 is 0 Å². The summed E-state index contributed by atoms with van der Waals surface area (Å²) in [5, 5.41) is 11.2. The summed E-state index contributed by atoms with van der Waals surface area (Å²) < 4.78 is 11.0. The third-order valence-corrected chi connectivity index (χ3v) is 7.38. The van der Waals surface area contributed by atoms with Crippen LogP contribution in [0.25, 0.3) is 0 Å². The Morgan fingerprint density at radius 2 is 0.705 bits per heavy atom. The Hall–Kier alpha value is -5.72. The van der Waals surface area contributed by atoms with Crippen LogP contribution in [0.15, 0.2) is 97.1 Å². The zero-order valence-corrected chi connectivity index (χ0v) is 29.4. The number of anilines is 2. The first-order chi connectivity index (χ1) is 24.5. The Bertz CT molecular complexity index is 1620. The van der Waals surface area contributed by atoms with Crippen molar-refractivity contribution in [3.8, 4) is 0 Å². The van der Waals surface area contributed by atoms with E-state index in [1.807, 2.05) is 45.0 Å². The summed E-state index contributed by atoms with van der Waals surface area (Å²) in [5.41, 5.74) is 17.0. The van der Waals surface area contributed by atoms with Crippen LogP contribution in [0.1, 0.15) is 134 Å². The van der Waals surface area contributed by atoms with Crippen molar-refractivity contribution in [1.29, 1.82) is 0 Å². The molecule has 350 valence electrons. The first kappa shape index (κ1) is 72.9. The van der Waals surface area contributed by atoms with Gasteiger partial charge >= 0.3 is 0 Å². The molecule has 0 heterocycles. The quantitative estimate of drug-likeness (QED) is 0.0474. The van der Waals surface area contributed by atoms with Gasteiger partial charge in [-0.05, 0) is 93.6 Å². The molecule has 12 heteroatoms. The number of carbonyl (C=O) groups excluding carboxylic acids is 4. The number of rotatable bonds is 16. The fourth-order valence-electron chi connectivity index (χ4n) is 4.38. The van der Waals surface area contributed by atoms with Gasteiger partial charge in [0.2, 0.25) is 0 Å². The van der Waals surface area contributed by atoms with Crippen LogP contribution in [0.3, 0.4) is 0 Å². The number of nitrogens with two attached hydrogens (primary N) is 2. The van der Waals surface area contributed by atoms with Gasteiger partial charge in [0.15, 0.2) is 0 Å². The number of hydrogen-bond donors (Lipinski definition) is 6. The minimum atomic E-state index is -0.173. The predicted molar refractivity (Wildman–Crippen MR) is 267 cm³/mol. The van der Waals surface area contributed by atoms with E-state index in [1.54, 1.807) is 72.8 Å². The lowest BCUT2D eigenvalue weighted by Gasteiger charge is -2.14. The van der Waals surface area contributed by atoms with Gasteiger partial charge in [0.05, 0.1) is 25.9 Å². The summed E-state index contributed by atoms with van der Waals surface area (Å²) in [6, 6.07) is 28.2. The number of benzene rings is 4. The van der Waals surface area contributed by atoms with Crippen LogP contribution in [-0.2, 0) is 9.47 Å². The van der Waals surface area contributed by atoms with Crippen LogP contribution >= 0.6 is 0 Å². The van der Waals surface area contributed by atoms with Crippen LogP contribution in [0.4, 0.5) is 11.4 Å². The van der Waals surface area contributed by atoms with Crippen molar-refractivity contribution in [3.05, 3.63) is 130 Å². The maximum absolute atomic E-state index is 12.0. The molecule has 1 atom stereocenters. The zero-order valence-electron chi connectivity index (χ0n) is 29.4. The molecule has 0 aliphatic heterocycles. The standard InChI is InChI=1S/C20H25N3O3.C19H23N3O3.10CH4/c1-14-3-5-16(6-4-14)19(24)22-11-12-26-15(2)13-23-20(25)17-7-9-18(21)10-8-17;1-14-2-4-15(5-3-14)18(23)21-10-12-25-13-11-22-19(24)16-6-8-17(20)9-7-16;;;;;;;;;;/h3-10,15H,11-13,21H2,1-2H3,(H,22,24)(H,23,25);2-9H,10-13,20H2,1H3,(H,21,23)(H,22,24);10*1H4. The number of hydrogen-bond acceptors (Lipinski definition) is 8. The van der Waals surface area contributed by atoms with Gasteiger partial charge in [0.25, 0.3) is 23.6 Å². The van der Waals surface area contributed by atoms with Crippen LogP contribution in [0.5, 0.6) is 0 Å². The van der Waals surface area contributed by atoms with Crippen molar-refractivity contribution in [1.82, 2.24) is 21.3 Å². The maximum atomic E-state index is 12.0. The molecule has 0 saturated heterocycles. The normalized spacial score (nSPS) is 9.16. The van der Waals surface area contributed by atoms with E-state index in [0.717, 1.165) is 11.1 Å². The zero-order chi connectivity index (χ0) is 37.0. The van der Waals surface area contributed by atoms with E-state index in [-0.39, 0.29) is 104 Å². The van der Waals surface area contributed by atoms with E-state index in [0.29, 0.717) is 79.6 Å². The average molecular weight is 857 g/mol. The highest BCUT2D eigenvalue weighted by Gasteiger charge is 2.09. The van der Waals surface area contributed by atoms with Crippen molar-refractivity contribution >= 4 is 35.0 Å². The third kappa shape index (κ3) is 28.4. The van der Waals surface area contributed by atoms with Crippen molar-refractivity contribution < 1.29 is 28.7 Å². The molecule has 4 aromatic rings. The van der Waals surface area contributed by atoms with Crippen molar-refractivity contribution in [2.24, 2.45) is 0 Å². The molecule has 0 aliphatic rings. The smallest absolute Gasteiger partial charge is 0.251 e. The molecule has 4 amide bonds. The molecule has 0 fully saturated rings. The van der Waals surface area contributed by atoms with Crippen molar-refractivity contribution in [2.45, 2.75) is 101 Å². The second-order valence-corrected chi connectivity index (χ2v) is 11.7. The third-order valence-electron chi connectivity index (χ3n) is 7.38. The SMILES string of the molecule is C.C.C.C.C.C.C.C.C.C.Cc1ccc(C(=O)NCCOC(C)CNC(=O)c2ccc(N)cc2)cc1.Cc1ccc(C(=O)NCCOCCNC(=O)c2ccc(N)cc2)cc1. The number of ether oxygens (including phenoxy) is 2. The fourth-order valence-corrected chi connectivity index (χ4v) is 4.38. The van der Waals surface area contributed by atoms with E-state index in [9.17, 15) is 19.2 Å². The van der Waals surface area contributed by atoms with Gasteiger partial charge in [-0.3, -0.25) is 19.2 Å². The van der Waals surface area contributed by atoms with Crippen LogP contribution < -0.4 is 32.7 Å². The van der Waals surface area contributed by atoms with E-state index >= 15 is 0 Å². The predicted octanol–water partition coefficient (Wildman–Crippen LogP) is 10.3. The highest BCUT2D eigenvalue weighted by atomic mass is 16.5. The number of nitrogens with one attached hydrogen (secondary N) is 4. The molecule has 4 rings (SSSR count). The molecule has 0 aliphatic carbocycles. The molecule has 0 spiro atoms. The maximum Gasteiger partial charge on any atom is 0.251 e. The largest absolute Gasteiger partial charge is 0.399 e. The lowest BCUT2D eigenvalue weighted by molar-refractivity contribution is 0.0614.